The minimum absolute atomic E-state index is 0.165. The number of benzene rings is 1. The lowest BCUT2D eigenvalue weighted by Gasteiger charge is -2.26. The number of halogens is 1. The van der Waals surface area contributed by atoms with Gasteiger partial charge in [0.1, 0.15) is 5.82 Å². The van der Waals surface area contributed by atoms with Gasteiger partial charge in [0.15, 0.2) is 0 Å². The molecule has 82 valence electrons. The Hall–Kier alpha value is -0.540. The summed E-state index contributed by atoms with van der Waals surface area (Å²) in [6.45, 7) is 0.734. The van der Waals surface area contributed by atoms with Crippen LogP contribution in [0, 0.1) is 11.2 Å². The molecule has 1 saturated heterocycles. The second kappa shape index (κ2) is 4.54. The number of rotatable bonds is 3. The van der Waals surface area contributed by atoms with Crippen molar-refractivity contribution >= 4 is 11.8 Å². The molecule has 0 aliphatic carbocycles. The summed E-state index contributed by atoms with van der Waals surface area (Å²) in [4.78, 5) is 0. The molecule has 2 N–H and O–H groups in total. The molecular formula is C12H16FNS. The Labute approximate surface area is 94.2 Å². The maximum Gasteiger partial charge on any atom is 0.123 e. The second-order valence-corrected chi connectivity index (χ2v) is 5.42. The Kier molecular flexibility index (Phi) is 3.32. The minimum Gasteiger partial charge on any atom is -0.330 e. The molecule has 0 spiro atoms. The molecule has 0 amide bonds. The average molecular weight is 225 g/mol. The van der Waals surface area contributed by atoms with Gasteiger partial charge in [-0.25, -0.2) is 4.39 Å². The zero-order valence-electron chi connectivity index (χ0n) is 8.71. The van der Waals surface area contributed by atoms with E-state index in [-0.39, 0.29) is 11.2 Å². The fourth-order valence-electron chi connectivity index (χ4n) is 2.06. The first-order valence-electron chi connectivity index (χ1n) is 5.26. The van der Waals surface area contributed by atoms with E-state index < -0.39 is 0 Å². The van der Waals surface area contributed by atoms with Crippen LogP contribution >= 0.6 is 11.8 Å². The SMILES string of the molecule is NCC1(Cc2ccc(F)cc2)CCSC1. The largest absolute Gasteiger partial charge is 0.330 e. The van der Waals surface area contributed by atoms with Gasteiger partial charge in [-0.2, -0.15) is 11.8 Å². The molecule has 1 unspecified atom stereocenters. The first kappa shape index (κ1) is 11.0. The van der Waals surface area contributed by atoms with Crippen molar-refractivity contribution in [2.75, 3.05) is 18.1 Å². The lowest BCUT2D eigenvalue weighted by Crippen LogP contribution is -2.32. The van der Waals surface area contributed by atoms with Gasteiger partial charge in [0.2, 0.25) is 0 Å². The Balaban J connectivity index is 2.09. The number of hydrogen-bond donors (Lipinski definition) is 1. The molecule has 0 aromatic heterocycles. The van der Waals surface area contributed by atoms with Crippen LogP contribution in [0.4, 0.5) is 4.39 Å². The van der Waals surface area contributed by atoms with E-state index in [1.807, 2.05) is 23.9 Å². The molecule has 1 aliphatic rings. The van der Waals surface area contributed by atoms with Crippen molar-refractivity contribution in [3.8, 4) is 0 Å². The van der Waals surface area contributed by atoms with Gasteiger partial charge in [-0.05, 0) is 48.3 Å². The monoisotopic (exact) mass is 225 g/mol. The first-order chi connectivity index (χ1) is 7.24. The Bertz CT molecular complexity index is 317. The summed E-state index contributed by atoms with van der Waals surface area (Å²) < 4.78 is 12.7. The maximum atomic E-state index is 12.7. The summed E-state index contributed by atoms with van der Waals surface area (Å²) in [6.07, 6.45) is 2.17. The molecule has 1 aliphatic heterocycles. The highest BCUT2D eigenvalue weighted by molar-refractivity contribution is 7.99. The molecule has 0 saturated carbocycles. The van der Waals surface area contributed by atoms with E-state index in [0.717, 1.165) is 18.7 Å². The summed E-state index contributed by atoms with van der Waals surface area (Å²) in [5.41, 5.74) is 7.31. The van der Waals surface area contributed by atoms with Crippen molar-refractivity contribution in [2.24, 2.45) is 11.1 Å². The van der Waals surface area contributed by atoms with Crippen LogP contribution in [0.1, 0.15) is 12.0 Å². The van der Waals surface area contributed by atoms with Gasteiger partial charge >= 0.3 is 0 Å². The lowest BCUT2D eigenvalue weighted by molar-refractivity contribution is 0.346. The summed E-state index contributed by atoms with van der Waals surface area (Å²) in [5.74, 6) is 2.18. The number of hydrogen-bond acceptors (Lipinski definition) is 2. The van der Waals surface area contributed by atoms with E-state index in [1.165, 1.54) is 29.9 Å². The summed E-state index contributed by atoms with van der Waals surface area (Å²) in [7, 11) is 0. The second-order valence-electron chi connectivity index (χ2n) is 4.31. The van der Waals surface area contributed by atoms with Crippen LogP contribution in [0.15, 0.2) is 24.3 Å². The summed E-state index contributed by atoms with van der Waals surface area (Å²) in [5, 5.41) is 0. The van der Waals surface area contributed by atoms with Crippen LogP contribution in [0.25, 0.3) is 0 Å². The molecule has 1 atom stereocenters. The predicted molar refractivity (Wildman–Crippen MR) is 63.5 cm³/mol. The molecule has 0 bridgehead atoms. The van der Waals surface area contributed by atoms with Gasteiger partial charge in [-0.15, -0.1) is 0 Å². The molecule has 3 heteroatoms. The summed E-state index contributed by atoms with van der Waals surface area (Å²) in [6, 6.07) is 6.80. The number of thioether (sulfide) groups is 1. The molecule has 1 aromatic rings. The van der Waals surface area contributed by atoms with Gasteiger partial charge in [-0.3, -0.25) is 0 Å². The van der Waals surface area contributed by atoms with Crippen molar-refractivity contribution in [1.82, 2.24) is 0 Å². The van der Waals surface area contributed by atoms with Gasteiger partial charge in [0, 0.05) is 5.75 Å². The number of nitrogens with two attached hydrogens (primary N) is 1. The van der Waals surface area contributed by atoms with Crippen LogP contribution in [-0.4, -0.2) is 18.1 Å². The van der Waals surface area contributed by atoms with Gasteiger partial charge in [-0.1, -0.05) is 12.1 Å². The Morgan fingerprint density at radius 3 is 2.60 bits per heavy atom. The first-order valence-corrected chi connectivity index (χ1v) is 6.42. The van der Waals surface area contributed by atoms with Gasteiger partial charge in [0.25, 0.3) is 0 Å². The lowest BCUT2D eigenvalue weighted by atomic mass is 9.81. The van der Waals surface area contributed by atoms with E-state index in [9.17, 15) is 4.39 Å². The van der Waals surface area contributed by atoms with Crippen LogP contribution in [0.2, 0.25) is 0 Å². The van der Waals surface area contributed by atoms with E-state index in [1.54, 1.807) is 0 Å². The molecule has 0 radical (unpaired) electrons. The molecular weight excluding hydrogens is 209 g/mol. The highest BCUT2D eigenvalue weighted by atomic mass is 32.2. The fourth-order valence-corrected chi connectivity index (χ4v) is 3.58. The molecule has 1 fully saturated rings. The van der Waals surface area contributed by atoms with E-state index >= 15 is 0 Å². The standard InChI is InChI=1S/C12H16FNS/c13-11-3-1-10(2-4-11)7-12(8-14)5-6-15-9-12/h1-4H,5-9,14H2. The van der Waals surface area contributed by atoms with E-state index in [2.05, 4.69) is 0 Å². The smallest absolute Gasteiger partial charge is 0.123 e. The normalized spacial score (nSPS) is 25.7. The molecule has 2 rings (SSSR count). The maximum absolute atomic E-state index is 12.7. The molecule has 1 aromatic carbocycles. The van der Waals surface area contributed by atoms with Crippen molar-refractivity contribution in [3.63, 3.8) is 0 Å². The highest BCUT2D eigenvalue weighted by Crippen LogP contribution is 2.37. The average Bonchev–Trinajstić information content (AvgIpc) is 2.71. The Morgan fingerprint density at radius 2 is 2.07 bits per heavy atom. The van der Waals surface area contributed by atoms with Gasteiger partial charge in [0.05, 0.1) is 0 Å². The van der Waals surface area contributed by atoms with E-state index in [0.29, 0.717) is 0 Å². The van der Waals surface area contributed by atoms with Crippen molar-refractivity contribution in [3.05, 3.63) is 35.6 Å². The van der Waals surface area contributed by atoms with E-state index in [4.69, 9.17) is 5.73 Å². The predicted octanol–water partition coefficient (Wildman–Crippen LogP) is 2.45. The molecule has 1 nitrogen and oxygen atoms in total. The zero-order chi connectivity index (χ0) is 10.7. The van der Waals surface area contributed by atoms with Crippen molar-refractivity contribution < 1.29 is 4.39 Å². The van der Waals surface area contributed by atoms with Crippen LogP contribution in [0.5, 0.6) is 0 Å². The third-order valence-electron chi connectivity index (χ3n) is 3.11. The topological polar surface area (TPSA) is 26.0 Å². The third-order valence-corrected chi connectivity index (χ3v) is 4.42. The van der Waals surface area contributed by atoms with Gasteiger partial charge < -0.3 is 5.73 Å². The zero-order valence-corrected chi connectivity index (χ0v) is 9.52. The Morgan fingerprint density at radius 1 is 1.33 bits per heavy atom. The fraction of sp³-hybridized carbons (Fsp3) is 0.500. The quantitative estimate of drug-likeness (QED) is 0.855. The summed E-state index contributed by atoms with van der Waals surface area (Å²) >= 11 is 1.97. The minimum atomic E-state index is -0.165. The van der Waals surface area contributed by atoms with Crippen molar-refractivity contribution in [2.45, 2.75) is 12.8 Å². The molecule has 1 heterocycles. The van der Waals surface area contributed by atoms with Crippen molar-refractivity contribution in [1.29, 1.82) is 0 Å². The molecule has 15 heavy (non-hydrogen) atoms. The van der Waals surface area contributed by atoms with Crippen LogP contribution in [-0.2, 0) is 6.42 Å². The third kappa shape index (κ3) is 2.52. The highest BCUT2D eigenvalue weighted by Gasteiger charge is 2.32. The van der Waals surface area contributed by atoms with Crippen LogP contribution in [0.3, 0.4) is 0 Å². The van der Waals surface area contributed by atoms with Crippen LogP contribution < -0.4 is 5.73 Å².